The maximum Gasteiger partial charge on any atom is 0.257 e. The zero-order valence-corrected chi connectivity index (χ0v) is 16.2. The highest BCUT2D eigenvalue weighted by atomic mass is 32.1. The average Bonchev–Trinajstić information content (AvgIpc) is 3.31. The van der Waals surface area contributed by atoms with Crippen LogP contribution in [0.2, 0.25) is 0 Å². The summed E-state index contributed by atoms with van der Waals surface area (Å²) in [5.74, 6) is -0.0443. The Bertz CT molecular complexity index is 869. The number of rotatable bonds is 6. The van der Waals surface area contributed by atoms with Crippen LogP contribution >= 0.6 is 11.3 Å². The van der Waals surface area contributed by atoms with Crippen LogP contribution in [0.15, 0.2) is 54.0 Å². The molecule has 0 spiro atoms. The second kappa shape index (κ2) is 7.43. The Kier molecular flexibility index (Phi) is 5.25. The van der Waals surface area contributed by atoms with Gasteiger partial charge in [-0.05, 0) is 35.5 Å². The lowest BCUT2D eigenvalue weighted by atomic mass is 9.93. The summed E-state index contributed by atoms with van der Waals surface area (Å²) in [6.07, 6.45) is 1.82. The first kappa shape index (κ1) is 18.4. The van der Waals surface area contributed by atoms with Crippen LogP contribution in [0.1, 0.15) is 24.2 Å². The summed E-state index contributed by atoms with van der Waals surface area (Å²) in [4.78, 5) is 15.8. The molecule has 0 aliphatic carbocycles. The van der Waals surface area contributed by atoms with E-state index < -0.39 is 0 Å². The van der Waals surface area contributed by atoms with E-state index in [1.54, 1.807) is 20.9 Å². The van der Waals surface area contributed by atoms with E-state index in [2.05, 4.69) is 13.8 Å². The van der Waals surface area contributed by atoms with Gasteiger partial charge < -0.3 is 10.6 Å². The highest BCUT2D eigenvalue weighted by Crippen LogP contribution is 2.29. The molecule has 1 amide bonds. The molecule has 0 saturated carbocycles. The van der Waals surface area contributed by atoms with Crippen molar-refractivity contribution in [2.45, 2.75) is 13.8 Å². The lowest BCUT2D eigenvalue weighted by Gasteiger charge is -2.28. The number of hydrogen-bond acceptors (Lipinski definition) is 4. The summed E-state index contributed by atoms with van der Waals surface area (Å²) in [5.41, 5.74) is 7.93. The van der Waals surface area contributed by atoms with E-state index in [0.717, 1.165) is 10.6 Å². The predicted molar refractivity (Wildman–Crippen MR) is 107 cm³/mol. The van der Waals surface area contributed by atoms with Crippen molar-refractivity contribution in [1.29, 1.82) is 0 Å². The summed E-state index contributed by atoms with van der Waals surface area (Å²) in [7, 11) is 1.82. The molecule has 0 aliphatic rings. The van der Waals surface area contributed by atoms with E-state index in [-0.39, 0.29) is 11.3 Å². The molecule has 2 N–H and O–H groups in total. The van der Waals surface area contributed by atoms with Gasteiger partial charge in [0.15, 0.2) is 0 Å². The molecule has 0 unspecified atom stereocenters. The fourth-order valence-corrected chi connectivity index (χ4v) is 3.55. The van der Waals surface area contributed by atoms with Crippen LogP contribution in [0.5, 0.6) is 0 Å². The molecule has 2 heterocycles. The maximum atomic E-state index is 13.1. The summed E-state index contributed by atoms with van der Waals surface area (Å²) in [6, 6.07) is 13.8. The molecule has 5 nitrogen and oxygen atoms in total. The van der Waals surface area contributed by atoms with Gasteiger partial charge in [-0.3, -0.25) is 4.79 Å². The molecule has 0 fully saturated rings. The predicted octanol–water partition coefficient (Wildman–Crippen LogP) is 3.66. The molecule has 2 aromatic heterocycles. The van der Waals surface area contributed by atoms with Gasteiger partial charge >= 0.3 is 0 Å². The minimum Gasteiger partial charge on any atom is -0.341 e. The van der Waals surface area contributed by atoms with Crippen molar-refractivity contribution in [2.24, 2.45) is 11.1 Å². The number of amides is 1. The van der Waals surface area contributed by atoms with E-state index in [0.29, 0.717) is 24.3 Å². The molecule has 0 radical (unpaired) electrons. The molecule has 0 bridgehead atoms. The van der Waals surface area contributed by atoms with Crippen molar-refractivity contribution >= 4 is 17.2 Å². The highest BCUT2D eigenvalue weighted by molar-refractivity contribution is 7.13. The van der Waals surface area contributed by atoms with Gasteiger partial charge in [-0.15, -0.1) is 11.3 Å². The lowest BCUT2D eigenvalue weighted by molar-refractivity contribution is 0.0741. The van der Waals surface area contributed by atoms with Crippen molar-refractivity contribution in [2.75, 3.05) is 20.1 Å². The minimum atomic E-state index is -0.136. The molecular formula is C20H24N4OS. The third-order valence-corrected chi connectivity index (χ3v) is 5.16. The van der Waals surface area contributed by atoms with Crippen LogP contribution in [0.3, 0.4) is 0 Å². The first-order valence-corrected chi connectivity index (χ1v) is 9.44. The smallest absolute Gasteiger partial charge is 0.257 e. The lowest BCUT2D eigenvalue weighted by Crippen LogP contribution is -2.39. The Morgan fingerprint density at radius 2 is 1.96 bits per heavy atom. The molecule has 6 heteroatoms. The molecular weight excluding hydrogens is 344 g/mol. The van der Waals surface area contributed by atoms with Crippen molar-refractivity contribution < 1.29 is 4.79 Å². The molecule has 3 aromatic rings. The third-order valence-electron chi connectivity index (χ3n) is 4.28. The van der Waals surface area contributed by atoms with Gasteiger partial charge in [0.05, 0.1) is 16.1 Å². The second-order valence-electron chi connectivity index (χ2n) is 7.18. The van der Waals surface area contributed by atoms with Crippen molar-refractivity contribution in [3.05, 3.63) is 59.6 Å². The van der Waals surface area contributed by atoms with Crippen LogP contribution in [-0.2, 0) is 0 Å². The second-order valence-corrected chi connectivity index (χ2v) is 8.13. The summed E-state index contributed by atoms with van der Waals surface area (Å²) in [5, 5.41) is 6.69. The fourth-order valence-electron chi connectivity index (χ4n) is 2.82. The zero-order chi connectivity index (χ0) is 18.7. The summed E-state index contributed by atoms with van der Waals surface area (Å²) in [6.45, 7) is 5.23. The number of hydrogen-bond donors (Lipinski definition) is 1. The van der Waals surface area contributed by atoms with Crippen molar-refractivity contribution in [3.8, 4) is 16.3 Å². The Morgan fingerprint density at radius 1 is 1.23 bits per heavy atom. The Morgan fingerprint density at radius 3 is 2.58 bits per heavy atom. The SMILES string of the molecule is CN(CC(C)(C)CN)C(=O)c1cn(-c2ccccc2)nc1-c1cccs1. The van der Waals surface area contributed by atoms with Gasteiger partial charge in [-0.2, -0.15) is 5.10 Å². The Labute approximate surface area is 158 Å². The molecule has 136 valence electrons. The normalized spacial score (nSPS) is 11.5. The van der Waals surface area contributed by atoms with Gasteiger partial charge in [0.2, 0.25) is 0 Å². The monoisotopic (exact) mass is 368 g/mol. The number of nitrogens with zero attached hydrogens (tertiary/aromatic N) is 3. The van der Waals surface area contributed by atoms with E-state index in [1.165, 1.54) is 0 Å². The first-order valence-electron chi connectivity index (χ1n) is 8.56. The van der Waals surface area contributed by atoms with E-state index in [1.807, 2.05) is 61.1 Å². The fraction of sp³-hybridized carbons (Fsp3) is 0.300. The number of nitrogens with two attached hydrogens (primary N) is 1. The van der Waals surface area contributed by atoms with E-state index in [4.69, 9.17) is 10.8 Å². The van der Waals surface area contributed by atoms with Crippen molar-refractivity contribution in [1.82, 2.24) is 14.7 Å². The molecule has 0 saturated heterocycles. The quantitative estimate of drug-likeness (QED) is 0.722. The van der Waals surface area contributed by atoms with E-state index in [9.17, 15) is 4.79 Å². The van der Waals surface area contributed by atoms with Gasteiger partial charge in [-0.1, -0.05) is 38.1 Å². The number of thiophene rings is 1. The molecule has 0 aliphatic heterocycles. The number of benzene rings is 1. The van der Waals surface area contributed by atoms with Gasteiger partial charge in [-0.25, -0.2) is 4.68 Å². The van der Waals surface area contributed by atoms with Crippen LogP contribution in [-0.4, -0.2) is 40.7 Å². The largest absolute Gasteiger partial charge is 0.341 e. The Hall–Kier alpha value is -2.44. The van der Waals surface area contributed by atoms with Gasteiger partial charge in [0.25, 0.3) is 5.91 Å². The van der Waals surface area contributed by atoms with Gasteiger partial charge in [0.1, 0.15) is 5.69 Å². The van der Waals surface area contributed by atoms with Crippen molar-refractivity contribution in [3.63, 3.8) is 0 Å². The average molecular weight is 369 g/mol. The molecule has 3 rings (SSSR count). The summed E-state index contributed by atoms with van der Waals surface area (Å²) < 4.78 is 1.77. The first-order chi connectivity index (χ1) is 12.4. The number of carbonyl (C=O) groups excluding carboxylic acids is 1. The van der Waals surface area contributed by atoms with Crippen LogP contribution < -0.4 is 5.73 Å². The van der Waals surface area contributed by atoms with Crippen LogP contribution in [0.25, 0.3) is 16.3 Å². The van der Waals surface area contributed by atoms with E-state index >= 15 is 0 Å². The number of carbonyl (C=O) groups is 1. The topological polar surface area (TPSA) is 64.2 Å². The molecule has 1 aromatic carbocycles. The Balaban J connectivity index is 2.00. The zero-order valence-electron chi connectivity index (χ0n) is 15.3. The van der Waals surface area contributed by atoms with Crippen LogP contribution in [0, 0.1) is 5.41 Å². The molecule has 26 heavy (non-hydrogen) atoms. The number of aromatic nitrogens is 2. The van der Waals surface area contributed by atoms with Gasteiger partial charge in [0, 0.05) is 19.8 Å². The maximum absolute atomic E-state index is 13.1. The number of para-hydroxylation sites is 1. The van der Waals surface area contributed by atoms with Crippen LogP contribution in [0.4, 0.5) is 0 Å². The standard InChI is InChI=1S/C20H24N4OS/c1-20(2,13-21)14-23(3)19(25)16-12-24(15-8-5-4-6-9-15)22-18(16)17-10-7-11-26-17/h4-12H,13-14,21H2,1-3H3. The molecule has 0 atom stereocenters. The minimum absolute atomic E-state index is 0.0443. The highest BCUT2D eigenvalue weighted by Gasteiger charge is 2.26. The summed E-state index contributed by atoms with van der Waals surface area (Å²) >= 11 is 1.58. The third kappa shape index (κ3) is 3.86.